The SMILES string of the molecule is CC(C)C(=O)NC1CCCN(c2ccnc3ccc(Cl)cc23)C1. The fourth-order valence-corrected chi connectivity index (χ4v) is 3.23. The van der Waals surface area contributed by atoms with E-state index in [-0.39, 0.29) is 17.9 Å². The first-order valence-corrected chi connectivity index (χ1v) is 8.52. The molecular weight excluding hydrogens is 310 g/mol. The molecule has 1 aliphatic heterocycles. The van der Waals surface area contributed by atoms with Gasteiger partial charge in [-0.2, -0.15) is 0 Å². The molecule has 4 nitrogen and oxygen atoms in total. The topological polar surface area (TPSA) is 45.2 Å². The number of nitrogens with zero attached hydrogens (tertiary/aromatic N) is 2. The molecular formula is C18H22ClN3O. The number of nitrogens with one attached hydrogen (secondary N) is 1. The van der Waals surface area contributed by atoms with Crippen LogP contribution in [0.5, 0.6) is 0 Å². The molecule has 1 aromatic carbocycles. The van der Waals surface area contributed by atoms with Crippen molar-refractivity contribution in [1.29, 1.82) is 0 Å². The second-order valence-electron chi connectivity index (χ2n) is 6.44. The van der Waals surface area contributed by atoms with Crippen molar-refractivity contribution in [3.63, 3.8) is 0 Å². The number of carbonyl (C=O) groups is 1. The van der Waals surface area contributed by atoms with Crippen LogP contribution in [0.25, 0.3) is 10.9 Å². The van der Waals surface area contributed by atoms with Gasteiger partial charge in [-0.1, -0.05) is 25.4 Å². The van der Waals surface area contributed by atoms with Gasteiger partial charge < -0.3 is 10.2 Å². The summed E-state index contributed by atoms with van der Waals surface area (Å²) in [6.45, 7) is 5.66. The Balaban J connectivity index is 1.84. The highest BCUT2D eigenvalue weighted by atomic mass is 35.5. The highest BCUT2D eigenvalue weighted by Gasteiger charge is 2.23. The van der Waals surface area contributed by atoms with Crippen LogP contribution in [0.1, 0.15) is 26.7 Å². The predicted molar refractivity (Wildman–Crippen MR) is 95.0 cm³/mol. The maximum Gasteiger partial charge on any atom is 0.222 e. The van der Waals surface area contributed by atoms with Crippen molar-refractivity contribution in [3.05, 3.63) is 35.5 Å². The Morgan fingerprint density at radius 3 is 3.00 bits per heavy atom. The first-order chi connectivity index (χ1) is 11.0. The zero-order valence-electron chi connectivity index (χ0n) is 13.6. The van der Waals surface area contributed by atoms with E-state index in [1.807, 2.05) is 44.3 Å². The summed E-state index contributed by atoms with van der Waals surface area (Å²) in [4.78, 5) is 18.7. The van der Waals surface area contributed by atoms with Gasteiger partial charge in [-0.25, -0.2) is 0 Å². The van der Waals surface area contributed by atoms with Crippen molar-refractivity contribution in [1.82, 2.24) is 10.3 Å². The first kappa shape index (κ1) is 16.1. The summed E-state index contributed by atoms with van der Waals surface area (Å²) < 4.78 is 0. The van der Waals surface area contributed by atoms with Gasteiger partial charge in [0.25, 0.3) is 0 Å². The van der Waals surface area contributed by atoms with E-state index >= 15 is 0 Å². The highest BCUT2D eigenvalue weighted by Crippen LogP contribution is 2.29. The fourth-order valence-electron chi connectivity index (χ4n) is 3.06. The lowest BCUT2D eigenvalue weighted by atomic mass is 10.0. The molecule has 0 saturated carbocycles. The number of aromatic nitrogens is 1. The van der Waals surface area contributed by atoms with Gasteiger partial charge >= 0.3 is 0 Å². The van der Waals surface area contributed by atoms with Crippen LogP contribution in [-0.4, -0.2) is 30.0 Å². The Bertz CT molecular complexity index is 716. The molecule has 2 heterocycles. The molecule has 5 heteroatoms. The van der Waals surface area contributed by atoms with Gasteiger partial charge in [0.15, 0.2) is 0 Å². The van der Waals surface area contributed by atoms with E-state index < -0.39 is 0 Å². The average Bonchev–Trinajstić information content (AvgIpc) is 2.54. The van der Waals surface area contributed by atoms with Crippen LogP contribution in [0.4, 0.5) is 5.69 Å². The molecule has 1 fully saturated rings. The molecule has 1 amide bonds. The minimum Gasteiger partial charge on any atom is -0.369 e. The first-order valence-electron chi connectivity index (χ1n) is 8.14. The van der Waals surface area contributed by atoms with E-state index in [4.69, 9.17) is 11.6 Å². The number of halogens is 1. The number of piperidine rings is 1. The van der Waals surface area contributed by atoms with E-state index in [0.717, 1.165) is 42.5 Å². The Kier molecular flexibility index (Phi) is 4.71. The summed E-state index contributed by atoms with van der Waals surface area (Å²) in [6.07, 6.45) is 3.92. The summed E-state index contributed by atoms with van der Waals surface area (Å²) >= 11 is 6.16. The molecule has 3 rings (SSSR count). The van der Waals surface area contributed by atoms with Gasteiger partial charge in [-0.05, 0) is 37.1 Å². The maximum absolute atomic E-state index is 12.0. The van der Waals surface area contributed by atoms with Crippen molar-refractivity contribution in [2.75, 3.05) is 18.0 Å². The minimum absolute atomic E-state index is 0.0194. The van der Waals surface area contributed by atoms with Crippen LogP contribution >= 0.6 is 11.6 Å². The van der Waals surface area contributed by atoms with E-state index in [9.17, 15) is 4.79 Å². The number of pyridine rings is 1. The Labute approximate surface area is 141 Å². The molecule has 1 aromatic heterocycles. The molecule has 2 aromatic rings. The zero-order chi connectivity index (χ0) is 16.4. The molecule has 1 atom stereocenters. The maximum atomic E-state index is 12.0. The van der Waals surface area contributed by atoms with E-state index in [0.29, 0.717) is 5.02 Å². The predicted octanol–water partition coefficient (Wildman–Crippen LogP) is 3.63. The Morgan fingerprint density at radius 2 is 2.22 bits per heavy atom. The summed E-state index contributed by atoms with van der Waals surface area (Å²) in [5, 5.41) is 4.94. The van der Waals surface area contributed by atoms with Crippen molar-refractivity contribution in [3.8, 4) is 0 Å². The molecule has 23 heavy (non-hydrogen) atoms. The number of benzene rings is 1. The van der Waals surface area contributed by atoms with Gasteiger partial charge in [-0.15, -0.1) is 0 Å². The van der Waals surface area contributed by atoms with Gasteiger partial charge in [0.1, 0.15) is 0 Å². The van der Waals surface area contributed by atoms with E-state index in [2.05, 4.69) is 15.2 Å². The number of amides is 1. The smallest absolute Gasteiger partial charge is 0.222 e. The third-order valence-electron chi connectivity index (χ3n) is 4.31. The fraction of sp³-hybridized carbons (Fsp3) is 0.444. The second-order valence-corrected chi connectivity index (χ2v) is 6.88. The molecule has 1 aliphatic rings. The normalized spacial score (nSPS) is 18.4. The molecule has 0 spiro atoms. The quantitative estimate of drug-likeness (QED) is 0.934. The lowest BCUT2D eigenvalue weighted by molar-refractivity contribution is -0.124. The number of carbonyl (C=O) groups excluding carboxylic acids is 1. The van der Waals surface area contributed by atoms with Gasteiger partial charge in [-0.3, -0.25) is 9.78 Å². The molecule has 1 saturated heterocycles. The molecule has 1 N–H and O–H groups in total. The van der Waals surface area contributed by atoms with Crippen molar-refractivity contribution < 1.29 is 4.79 Å². The standard InChI is InChI=1S/C18H22ClN3O/c1-12(2)18(23)21-14-4-3-9-22(11-14)17-7-8-20-16-6-5-13(19)10-15(16)17/h5-8,10,12,14H,3-4,9,11H2,1-2H3,(H,21,23). The molecule has 0 radical (unpaired) electrons. The zero-order valence-corrected chi connectivity index (χ0v) is 14.3. The largest absolute Gasteiger partial charge is 0.369 e. The number of rotatable bonds is 3. The van der Waals surface area contributed by atoms with Crippen LogP contribution in [0.2, 0.25) is 5.02 Å². The number of hydrogen-bond donors (Lipinski definition) is 1. The Hall–Kier alpha value is -1.81. The van der Waals surface area contributed by atoms with E-state index in [1.165, 1.54) is 0 Å². The number of hydrogen-bond acceptors (Lipinski definition) is 3. The van der Waals surface area contributed by atoms with Crippen molar-refractivity contribution >= 4 is 34.1 Å². The third kappa shape index (κ3) is 3.58. The van der Waals surface area contributed by atoms with Gasteiger partial charge in [0.05, 0.1) is 5.52 Å². The Morgan fingerprint density at radius 1 is 1.39 bits per heavy atom. The van der Waals surface area contributed by atoms with Crippen LogP contribution in [0.15, 0.2) is 30.5 Å². The molecule has 0 bridgehead atoms. The van der Waals surface area contributed by atoms with Crippen molar-refractivity contribution in [2.45, 2.75) is 32.7 Å². The summed E-state index contributed by atoms with van der Waals surface area (Å²) in [5.74, 6) is 0.144. The van der Waals surface area contributed by atoms with Crippen LogP contribution in [0, 0.1) is 5.92 Å². The van der Waals surface area contributed by atoms with Crippen LogP contribution in [-0.2, 0) is 4.79 Å². The minimum atomic E-state index is 0.0194. The average molecular weight is 332 g/mol. The molecule has 122 valence electrons. The van der Waals surface area contributed by atoms with Crippen LogP contribution < -0.4 is 10.2 Å². The summed E-state index contributed by atoms with van der Waals surface area (Å²) in [7, 11) is 0. The lowest BCUT2D eigenvalue weighted by Gasteiger charge is -2.35. The number of anilines is 1. The third-order valence-corrected chi connectivity index (χ3v) is 4.55. The molecule has 1 unspecified atom stereocenters. The van der Waals surface area contributed by atoms with Gasteiger partial charge in [0.2, 0.25) is 5.91 Å². The summed E-state index contributed by atoms with van der Waals surface area (Å²) in [5.41, 5.74) is 2.08. The lowest BCUT2D eigenvalue weighted by Crippen LogP contribution is -2.48. The second kappa shape index (κ2) is 6.75. The van der Waals surface area contributed by atoms with Gasteiger partial charge in [0, 0.05) is 47.3 Å². The summed E-state index contributed by atoms with van der Waals surface area (Å²) in [6, 6.07) is 8.01. The molecule has 0 aliphatic carbocycles. The van der Waals surface area contributed by atoms with Crippen LogP contribution in [0.3, 0.4) is 0 Å². The van der Waals surface area contributed by atoms with E-state index in [1.54, 1.807) is 0 Å². The monoisotopic (exact) mass is 331 g/mol. The number of fused-ring (bicyclic) bond motifs is 1. The van der Waals surface area contributed by atoms with Crippen molar-refractivity contribution in [2.24, 2.45) is 5.92 Å². The highest BCUT2D eigenvalue weighted by molar-refractivity contribution is 6.31.